The highest BCUT2D eigenvalue weighted by atomic mass is 16.5. The fourth-order valence-corrected chi connectivity index (χ4v) is 3.26. The van der Waals surface area contributed by atoms with Gasteiger partial charge in [0, 0.05) is 23.1 Å². The molecule has 3 aromatic rings. The molecule has 0 bridgehead atoms. The number of furan rings is 1. The van der Waals surface area contributed by atoms with Crippen molar-refractivity contribution >= 4 is 34.7 Å². The summed E-state index contributed by atoms with van der Waals surface area (Å²) in [6.45, 7) is 2.69. The molecule has 1 atom stereocenters. The Morgan fingerprint density at radius 3 is 2.91 bits per heavy atom. The Balaban J connectivity index is 2.07. The number of para-hydroxylation sites is 1. The molecule has 0 spiro atoms. The van der Waals surface area contributed by atoms with Gasteiger partial charge in [-0.1, -0.05) is 18.2 Å². The quantitative estimate of drug-likeness (QED) is 0.706. The van der Waals surface area contributed by atoms with E-state index in [1.165, 1.54) is 0 Å². The number of aromatic nitrogens is 1. The van der Waals surface area contributed by atoms with Crippen molar-refractivity contribution in [2.24, 2.45) is 0 Å². The summed E-state index contributed by atoms with van der Waals surface area (Å²) in [5.41, 5.74) is 3.29. The molecule has 4 rings (SSSR count). The first-order valence-corrected chi connectivity index (χ1v) is 7.45. The van der Waals surface area contributed by atoms with Gasteiger partial charge in [-0.3, -0.25) is 0 Å². The molecule has 112 valence electrons. The van der Waals surface area contributed by atoms with Crippen molar-refractivity contribution in [3.63, 3.8) is 0 Å². The van der Waals surface area contributed by atoms with Crippen LogP contribution in [0.25, 0.3) is 22.1 Å². The van der Waals surface area contributed by atoms with E-state index in [4.69, 9.17) is 9.15 Å². The van der Waals surface area contributed by atoms with E-state index >= 15 is 0 Å². The molecule has 22 heavy (non-hydrogen) atoms. The topological polar surface area (TPSA) is 75.7 Å². The molecule has 2 aromatic heterocycles. The van der Waals surface area contributed by atoms with Crippen molar-refractivity contribution in [2.75, 3.05) is 6.61 Å². The van der Waals surface area contributed by atoms with Crippen LogP contribution in [-0.4, -0.2) is 28.8 Å². The molecule has 1 aliphatic rings. The van der Waals surface area contributed by atoms with Crippen molar-refractivity contribution in [3.8, 4) is 0 Å². The van der Waals surface area contributed by atoms with Crippen LogP contribution in [0.3, 0.4) is 0 Å². The summed E-state index contributed by atoms with van der Waals surface area (Å²) in [5.74, 6) is 0. The summed E-state index contributed by atoms with van der Waals surface area (Å²) in [5, 5.41) is 20.8. The second-order valence-corrected chi connectivity index (χ2v) is 5.73. The number of pyridine rings is 1. The first-order valence-electron chi connectivity index (χ1n) is 7.45. The molecule has 5 nitrogen and oxygen atoms in total. The van der Waals surface area contributed by atoms with Crippen LogP contribution in [0, 0.1) is 6.92 Å². The molecule has 6 heteroatoms. The summed E-state index contributed by atoms with van der Waals surface area (Å²) in [7, 11) is -1.57. The first kappa shape index (κ1) is 13.8. The van der Waals surface area contributed by atoms with Crippen molar-refractivity contribution in [3.05, 3.63) is 35.5 Å². The fourth-order valence-electron chi connectivity index (χ4n) is 3.26. The highest BCUT2D eigenvalue weighted by Crippen LogP contribution is 2.37. The fraction of sp³-hybridized carbons (Fsp3) is 0.312. The molecule has 1 aromatic carbocycles. The Morgan fingerprint density at radius 2 is 2.18 bits per heavy atom. The van der Waals surface area contributed by atoms with Crippen molar-refractivity contribution in [1.82, 2.24) is 4.98 Å². The van der Waals surface area contributed by atoms with E-state index in [1.54, 1.807) is 12.1 Å². The van der Waals surface area contributed by atoms with Crippen LogP contribution in [0.4, 0.5) is 0 Å². The van der Waals surface area contributed by atoms with E-state index in [-0.39, 0.29) is 6.10 Å². The molecule has 3 heterocycles. The summed E-state index contributed by atoms with van der Waals surface area (Å²) < 4.78 is 11.7. The number of rotatable bonds is 2. The predicted molar refractivity (Wildman–Crippen MR) is 84.0 cm³/mol. The summed E-state index contributed by atoms with van der Waals surface area (Å²) in [6, 6.07) is 7.40. The summed E-state index contributed by atoms with van der Waals surface area (Å²) >= 11 is 0. The Morgan fingerprint density at radius 1 is 1.32 bits per heavy atom. The standard InChI is InChI=1S/C16H16BNO4/c1-9-8-11(13-6-3-7-21-13)14-10-4-2-5-12(17(19)20)15(10)22-16(14)18-9/h2,4-5,8,13,19-20H,3,6-7H2,1H3. The zero-order chi connectivity index (χ0) is 15.3. The van der Waals surface area contributed by atoms with Crippen molar-refractivity contribution in [2.45, 2.75) is 25.9 Å². The Kier molecular flexibility index (Phi) is 3.18. The van der Waals surface area contributed by atoms with Gasteiger partial charge in [0.15, 0.2) is 0 Å². The minimum Gasteiger partial charge on any atom is -0.438 e. The molecule has 0 radical (unpaired) electrons. The molecule has 0 aliphatic carbocycles. The van der Waals surface area contributed by atoms with E-state index in [2.05, 4.69) is 4.98 Å². The Bertz CT molecular complexity index is 852. The van der Waals surface area contributed by atoms with Gasteiger partial charge in [-0.05, 0) is 31.4 Å². The number of hydrogen-bond donors (Lipinski definition) is 2. The maximum atomic E-state index is 9.53. The van der Waals surface area contributed by atoms with Gasteiger partial charge in [-0.2, -0.15) is 0 Å². The number of hydrogen-bond acceptors (Lipinski definition) is 5. The van der Waals surface area contributed by atoms with Crippen LogP contribution in [0.5, 0.6) is 0 Å². The first-order chi connectivity index (χ1) is 10.6. The molecule has 1 fully saturated rings. The van der Waals surface area contributed by atoms with Crippen LogP contribution in [0.1, 0.15) is 30.2 Å². The normalized spacial score (nSPS) is 18.4. The van der Waals surface area contributed by atoms with Gasteiger partial charge in [0.05, 0.1) is 11.5 Å². The lowest BCUT2D eigenvalue weighted by Gasteiger charge is -2.11. The number of ether oxygens (including phenoxy) is 1. The van der Waals surface area contributed by atoms with Gasteiger partial charge in [-0.15, -0.1) is 0 Å². The zero-order valence-corrected chi connectivity index (χ0v) is 12.2. The van der Waals surface area contributed by atoms with Crippen LogP contribution in [0.2, 0.25) is 0 Å². The largest absolute Gasteiger partial charge is 0.492 e. The summed E-state index contributed by atoms with van der Waals surface area (Å²) in [4.78, 5) is 4.46. The Hall–Kier alpha value is -1.89. The SMILES string of the molecule is Cc1cc(C2CCCO2)c2c(n1)oc1c(B(O)O)cccc12. The molecule has 1 aliphatic heterocycles. The molecule has 0 amide bonds. The van der Waals surface area contributed by atoms with Gasteiger partial charge in [0.2, 0.25) is 5.71 Å². The maximum Gasteiger partial charge on any atom is 0.492 e. The van der Waals surface area contributed by atoms with Gasteiger partial charge in [0.25, 0.3) is 0 Å². The van der Waals surface area contributed by atoms with Gasteiger partial charge < -0.3 is 19.2 Å². The maximum absolute atomic E-state index is 9.53. The van der Waals surface area contributed by atoms with Crippen LogP contribution in [-0.2, 0) is 4.74 Å². The lowest BCUT2D eigenvalue weighted by atomic mass is 9.79. The number of aryl methyl sites for hydroxylation is 1. The number of fused-ring (bicyclic) bond motifs is 3. The van der Waals surface area contributed by atoms with Crippen LogP contribution >= 0.6 is 0 Å². The minimum atomic E-state index is -1.57. The second-order valence-electron chi connectivity index (χ2n) is 5.73. The number of benzene rings is 1. The van der Waals surface area contributed by atoms with E-state index in [9.17, 15) is 10.0 Å². The highest BCUT2D eigenvalue weighted by molar-refractivity contribution is 6.61. The lowest BCUT2D eigenvalue weighted by Crippen LogP contribution is -2.29. The third kappa shape index (κ3) is 2.03. The smallest absolute Gasteiger partial charge is 0.438 e. The third-order valence-electron chi connectivity index (χ3n) is 4.21. The average molecular weight is 297 g/mol. The highest BCUT2D eigenvalue weighted by Gasteiger charge is 2.26. The van der Waals surface area contributed by atoms with E-state index in [0.29, 0.717) is 16.8 Å². The minimum absolute atomic E-state index is 0.0488. The third-order valence-corrected chi connectivity index (χ3v) is 4.21. The number of nitrogens with zero attached hydrogens (tertiary/aromatic N) is 1. The Labute approximate surface area is 127 Å². The molecular weight excluding hydrogens is 281 g/mol. The lowest BCUT2D eigenvalue weighted by molar-refractivity contribution is 0.113. The molecule has 1 unspecified atom stereocenters. The monoisotopic (exact) mass is 297 g/mol. The second kappa shape index (κ2) is 5.09. The van der Waals surface area contributed by atoms with E-state index < -0.39 is 7.12 Å². The summed E-state index contributed by atoms with van der Waals surface area (Å²) in [6.07, 6.45) is 2.07. The van der Waals surface area contributed by atoms with Crippen molar-refractivity contribution in [1.29, 1.82) is 0 Å². The van der Waals surface area contributed by atoms with Crippen LogP contribution in [0.15, 0.2) is 28.7 Å². The van der Waals surface area contributed by atoms with E-state index in [1.807, 2.05) is 19.1 Å². The molecule has 0 saturated carbocycles. The zero-order valence-electron chi connectivity index (χ0n) is 12.2. The van der Waals surface area contributed by atoms with E-state index in [0.717, 1.165) is 41.5 Å². The molecule has 2 N–H and O–H groups in total. The predicted octanol–water partition coefficient (Wildman–Crippen LogP) is 1.82. The van der Waals surface area contributed by atoms with Gasteiger partial charge >= 0.3 is 7.12 Å². The van der Waals surface area contributed by atoms with Gasteiger partial charge in [0.1, 0.15) is 5.58 Å². The molecular formula is C16H16BNO4. The van der Waals surface area contributed by atoms with Crippen LogP contribution < -0.4 is 5.46 Å². The van der Waals surface area contributed by atoms with Crippen molar-refractivity contribution < 1.29 is 19.2 Å². The van der Waals surface area contributed by atoms with Gasteiger partial charge in [-0.25, -0.2) is 4.98 Å². The molecule has 1 saturated heterocycles. The average Bonchev–Trinajstić information content (AvgIpc) is 3.12.